The van der Waals surface area contributed by atoms with Crippen molar-refractivity contribution >= 4 is 5.91 Å². The number of aryl methyl sites for hydroxylation is 1. The summed E-state index contributed by atoms with van der Waals surface area (Å²) in [5.41, 5.74) is 0.707. The zero-order chi connectivity index (χ0) is 18.7. The summed E-state index contributed by atoms with van der Waals surface area (Å²) in [5, 5.41) is 2.82. The normalized spacial score (nSPS) is 11.8. The molecule has 7 heteroatoms. The summed E-state index contributed by atoms with van der Waals surface area (Å²) in [7, 11) is 3.19. The van der Waals surface area contributed by atoms with Crippen LogP contribution in [0.2, 0.25) is 0 Å². The summed E-state index contributed by atoms with van der Waals surface area (Å²) in [6, 6.07) is 8.81. The average Bonchev–Trinajstić information content (AvgIpc) is 3.06. The molecule has 0 radical (unpaired) electrons. The highest BCUT2D eigenvalue weighted by molar-refractivity contribution is 5.97. The molecule has 1 amide bonds. The Morgan fingerprint density at radius 2 is 1.85 bits per heavy atom. The number of rotatable bonds is 5. The Morgan fingerprint density at radius 3 is 2.46 bits per heavy atom. The lowest BCUT2D eigenvalue weighted by Crippen LogP contribution is -2.31. The molecule has 1 N–H and O–H groups in total. The Kier molecular flexibility index (Phi) is 4.97. The molecule has 26 heavy (non-hydrogen) atoms. The summed E-state index contributed by atoms with van der Waals surface area (Å²) < 4.78 is 33.8. The number of methoxy groups -OCH3 is 1. The number of benzene rings is 2. The lowest BCUT2D eigenvalue weighted by molar-refractivity contribution is 0.0937. The van der Waals surface area contributed by atoms with Crippen molar-refractivity contribution in [1.29, 1.82) is 0 Å². The zero-order valence-corrected chi connectivity index (χ0v) is 14.2. The SMILES string of the molecule is COc1ccc(F)cc1C(=O)NC(c1ccc(F)cc1)c1nccn1C. The predicted molar refractivity (Wildman–Crippen MR) is 91.9 cm³/mol. The van der Waals surface area contributed by atoms with E-state index in [2.05, 4.69) is 10.3 Å². The number of halogens is 2. The van der Waals surface area contributed by atoms with Crippen molar-refractivity contribution in [3.8, 4) is 5.75 Å². The fourth-order valence-electron chi connectivity index (χ4n) is 2.67. The van der Waals surface area contributed by atoms with Crippen LogP contribution < -0.4 is 10.1 Å². The number of imidazole rings is 1. The maximum Gasteiger partial charge on any atom is 0.256 e. The van der Waals surface area contributed by atoms with Gasteiger partial charge in [-0.1, -0.05) is 12.1 Å². The summed E-state index contributed by atoms with van der Waals surface area (Å²) in [5.74, 6) is -0.655. The van der Waals surface area contributed by atoms with E-state index in [0.717, 1.165) is 6.07 Å². The molecule has 3 rings (SSSR count). The minimum absolute atomic E-state index is 0.0637. The summed E-state index contributed by atoms with van der Waals surface area (Å²) >= 11 is 0. The molecule has 0 saturated carbocycles. The first-order valence-electron chi connectivity index (χ1n) is 7.86. The maximum absolute atomic E-state index is 13.6. The second-order valence-corrected chi connectivity index (χ2v) is 5.70. The van der Waals surface area contributed by atoms with Gasteiger partial charge in [0.05, 0.1) is 12.7 Å². The summed E-state index contributed by atoms with van der Waals surface area (Å²) in [6.07, 6.45) is 3.33. The van der Waals surface area contributed by atoms with E-state index in [0.29, 0.717) is 11.4 Å². The smallest absolute Gasteiger partial charge is 0.256 e. The minimum Gasteiger partial charge on any atom is -0.496 e. The summed E-state index contributed by atoms with van der Waals surface area (Å²) in [6.45, 7) is 0. The third-order valence-corrected chi connectivity index (χ3v) is 4.00. The third kappa shape index (κ3) is 3.56. The molecule has 0 spiro atoms. The Morgan fingerprint density at radius 1 is 1.15 bits per heavy atom. The number of amides is 1. The number of carbonyl (C=O) groups excluding carboxylic acids is 1. The van der Waals surface area contributed by atoms with E-state index in [1.807, 2.05) is 0 Å². The van der Waals surface area contributed by atoms with Crippen molar-refractivity contribution in [3.05, 3.63) is 83.4 Å². The molecule has 0 aliphatic carbocycles. The first-order chi connectivity index (χ1) is 12.5. The standard InChI is InChI=1S/C19H17F2N3O2/c1-24-10-9-22-18(24)17(12-3-5-13(20)6-4-12)23-19(25)15-11-14(21)7-8-16(15)26-2/h3-11,17H,1-2H3,(H,23,25). The van der Waals surface area contributed by atoms with Crippen LogP contribution in [0.5, 0.6) is 5.75 Å². The number of aromatic nitrogens is 2. The Hall–Kier alpha value is -3.22. The van der Waals surface area contributed by atoms with E-state index in [1.54, 1.807) is 36.1 Å². The van der Waals surface area contributed by atoms with Crippen LogP contribution in [0.3, 0.4) is 0 Å². The minimum atomic E-state index is -0.643. The number of ether oxygens (including phenoxy) is 1. The van der Waals surface area contributed by atoms with Crippen LogP contribution in [0.1, 0.15) is 27.8 Å². The monoisotopic (exact) mass is 357 g/mol. The van der Waals surface area contributed by atoms with Crippen molar-refractivity contribution in [2.75, 3.05) is 7.11 Å². The van der Waals surface area contributed by atoms with Crippen LogP contribution in [0.4, 0.5) is 8.78 Å². The molecule has 1 heterocycles. The van der Waals surface area contributed by atoms with Crippen LogP contribution in [-0.4, -0.2) is 22.6 Å². The highest BCUT2D eigenvalue weighted by Crippen LogP contribution is 2.24. The highest BCUT2D eigenvalue weighted by Gasteiger charge is 2.23. The van der Waals surface area contributed by atoms with E-state index in [4.69, 9.17) is 4.74 Å². The molecular weight excluding hydrogens is 340 g/mol. The van der Waals surface area contributed by atoms with Gasteiger partial charge in [0.15, 0.2) is 0 Å². The van der Waals surface area contributed by atoms with Gasteiger partial charge in [-0.15, -0.1) is 0 Å². The molecular formula is C19H17F2N3O2. The summed E-state index contributed by atoms with van der Waals surface area (Å²) in [4.78, 5) is 17.0. The Bertz CT molecular complexity index is 923. The molecule has 0 bridgehead atoms. The molecule has 3 aromatic rings. The second-order valence-electron chi connectivity index (χ2n) is 5.70. The van der Waals surface area contributed by atoms with E-state index < -0.39 is 17.8 Å². The van der Waals surface area contributed by atoms with Crippen LogP contribution in [0.15, 0.2) is 54.9 Å². The van der Waals surface area contributed by atoms with Gasteiger partial charge in [-0.25, -0.2) is 13.8 Å². The van der Waals surface area contributed by atoms with Crippen LogP contribution >= 0.6 is 0 Å². The van der Waals surface area contributed by atoms with E-state index in [1.165, 1.54) is 31.4 Å². The van der Waals surface area contributed by atoms with Gasteiger partial charge in [0.2, 0.25) is 0 Å². The number of carbonyl (C=O) groups is 1. The van der Waals surface area contributed by atoms with Crippen molar-refractivity contribution in [1.82, 2.24) is 14.9 Å². The quantitative estimate of drug-likeness (QED) is 0.763. The number of nitrogens with one attached hydrogen (secondary N) is 1. The van der Waals surface area contributed by atoms with Crippen molar-refractivity contribution in [2.24, 2.45) is 7.05 Å². The molecule has 0 aliphatic heterocycles. The predicted octanol–water partition coefficient (Wildman–Crippen LogP) is 3.23. The van der Waals surface area contributed by atoms with E-state index >= 15 is 0 Å². The Balaban J connectivity index is 1.98. The molecule has 5 nitrogen and oxygen atoms in total. The van der Waals surface area contributed by atoms with Crippen molar-refractivity contribution < 1.29 is 18.3 Å². The van der Waals surface area contributed by atoms with Gasteiger partial charge in [-0.05, 0) is 35.9 Å². The molecule has 0 fully saturated rings. The van der Waals surface area contributed by atoms with Crippen molar-refractivity contribution in [2.45, 2.75) is 6.04 Å². The zero-order valence-electron chi connectivity index (χ0n) is 14.2. The molecule has 1 atom stereocenters. The van der Waals surface area contributed by atoms with Crippen LogP contribution in [0.25, 0.3) is 0 Å². The first-order valence-corrected chi connectivity index (χ1v) is 7.86. The molecule has 1 aromatic heterocycles. The van der Waals surface area contributed by atoms with Gasteiger partial charge in [0.1, 0.15) is 29.3 Å². The highest BCUT2D eigenvalue weighted by atomic mass is 19.1. The molecule has 0 saturated heterocycles. The van der Waals surface area contributed by atoms with Gasteiger partial charge in [-0.2, -0.15) is 0 Å². The third-order valence-electron chi connectivity index (χ3n) is 4.00. The fourth-order valence-corrected chi connectivity index (χ4v) is 2.67. The number of nitrogens with zero attached hydrogens (tertiary/aromatic N) is 2. The van der Waals surface area contributed by atoms with Gasteiger partial charge in [0.25, 0.3) is 5.91 Å². The topological polar surface area (TPSA) is 56.1 Å². The van der Waals surface area contributed by atoms with Gasteiger partial charge in [0, 0.05) is 19.4 Å². The fraction of sp³-hybridized carbons (Fsp3) is 0.158. The lowest BCUT2D eigenvalue weighted by Gasteiger charge is -2.20. The van der Waals surface area contributed by atoms with Gasteiger partial charge < -0.3 is 14.6 Å². The van der Waals surface area contributed by atoms with E-state index in [9.17, 15) is 13.6 Å². The average molecular weight is 357 g/mol. The van der Waals surface area contributed by atoms with Crippen LogP contribution in [-0.2, 0) is 7.05 Å². The largest absolute Gasteiger partial charge is 0.496 e. The second kappa shape index (κ2) is 7.35. The maximum atomic E-state index is 13.6. The molecule has 1 unspecified atom stereocenters. The molecule has 2 aromatic carbocycles. The lowest BCUT2D eigenvalue weighted by atomic mass is 10.0. The molecule has 134 valence electrons. The number of hydrogen-bond acceptors (Lipinski definition) is 3. The first kappa shape index (κ1) is 17.6. The number of hydrogen-bond donors (Lipinski definition) is 1. The van der Waals surface area contributed by atoms with Crippen LogP contribution in [0, 0.1) is 11.6 Å². The van der Waals surface area contributed by atoms with E-state index in [-0.39, 0.29) is 17.1 Å². The Labute approximate surface area is 149 Å². The van der Waals surface area contributed by atoms with Gasteiger partial charge >= 0.3 is 0 Å². The van der Waals surface area contributed by atoms with Crippen molar-refractivity contribution in [3.63, 3.8) is 0 Å². The molecule has 0 aliphatic rings. The van der Waals surface area contributed by atoms with Gasteiger partial charge in [-0.3, -0.25) is 4.79 Å².